The molecule has 0 radical (unpaired) electrons. The van der Waals surface area contributed by atoms with Crippen molar-refractivity contribution < 1.29 is 9.90 Å². The van der Waals surface area contributed by atoms with E-state index in [2.05, 4.69) is 10.3 Å². The minimum absolute atomic E-state index is 0.0912. The predicted octanol–water partition coefficient (Wildman–Crippen LogP) is 1.74. The summed E-state index contributed by atoms with van der Waals surface area (Å²) in [6.07, 6.45) is 3.20. The summed E-state index contributed by atoms with van der Waals surface area (Å²) in [5.41, 5.74) is 1.46. The Balaban J connectivity index is 2.13. The van der Waals surface area contributed by atoms with E-state index in [1.807, 2.05) is 24.3 Å². The Bertz CT molecular complexity index is 535. The highest BCUT2D eigenvalue weighted by molar-refractivity contribution is 6.06. The highest BCUT2D eigenvalue weighted by atomic mass is 16.2. The maximum absolute atomic E-state index is 12.0. The third-order valence-corrected chi connectivity index (χ3v) is 2.76. The van der Waals surface area contributed by atoms with Gasteiger partial charge in [0.1, 0.15) is 0 Å². The molecule has 94 valence electrons. The standard InChI is InChI=1S/C14H16N2O2/c17-10-2-1-8-16-14(18)12-5-3-7-13-11(12)6-4-9-15-13/h3-7,9,17H,1-2,8,10H2,(H,16,18). The van der Waals surface area contributed by atoms with E-state index in [0.29, 0.717) is 18.5 Å². The quantitative estimate of drug-likeness (QED) is 0.787. The van der Waals surface area contributed by atoms with E-state index in [0.717, 1.165) is 17.3 Å². The average Bonchev–Trinajstić information content (AvgIpc) is 2.43. The number of benzene rings is 1. The van der Waals surface area contributed by atoms with E-state index in [-0.39, 0.29) is 12.5 Å². The van der Waals surface area contributed by atoms with Gasteiger partial charge in [0.25, 0.3) is 5.91 Å². The molecule has 1 aromatic carbocycles. The second kappa shape index (κ2) is 6.12. The van der Waals surface area contributed by atoms with Crippen molar-refractivity contribution in [3.63, 3.8) is 0 Å². The molecular formula is C14H16N2O2. The average molecular weight is 244 g/mol. The van der Waals surface area contributed by atoms with Gasteiger partial charge in [-0.05, 0) is 31.0 Å². The van der Waals surface area contributed by atoms with Crippen LogP contribution in [0, 0.1) is 0 Å². The molecule has 0 bridgehead atoms. The van der Waals surface area contributed by atoms with E-state index in [9.17, 15) is 4.79 Å². The second-order valence-corrected chi connectivity index (χ2v) is 4.06. The first-order valence-electron chi connectivity index (χ1n) is 6.06. The fourth-order valence-electron chi connectivity index (χ4n) is 1.84. The van der Waals surface area contributed by atoms with Crippen LogP contribution in [0.3, 0.4) is 0 Å². The van der Waals surface area contributed by atoms with E-state index in [1.54, 1.807) is 12.3 Å². The van der Waals surface area contributed by atoms with Gasteiger partial charge < -0.3 is 10.4 Å². The Morgan fingerprint density at radius 3 is 2.94 bits per heavy atom. The molecule has 1 heterocycles. The zero-order chi connectivity index (χ0) is 12.8. The van der Waals surface area contributed by atoms with Crippen LogP contribution in [0.1, 0.15) is 23.2 Å². The lowest BCUT2D eigenvalue weighted by Gasteiger charge is -2.07. The van der Waals surface area contributed by atoms with Crippen molar-refractivity contribution in [1.82, 2.24) is 10.3 Å². The number of carbonyl (C=O) groups excluding carboxylic acids is 1. The highest BCUT2D eigenvalue weighted by Gasteiger charge is 2.08. The van der Waals surface area contributed by atoms with Crippen LogP contribution in [0.4, 0.5) is 0 Å². The molecule has 1 amide bonds. The van der Waals surface area contributed by atoms with E-state index < -0.39 is 0 Å². The number of carbonyl (C=O) groups is 1. The number of hydrogen-bond donors (Lipinski definition) is 2. The molecule has 0 unspecified atom stereocenters. The molecular weight excluding hydrogens is 228 g/mol. The minimum Gasteiger partial charge on any atom is -0.396 e. The van der Waals surface area contributed by atoms with Crippen LogP contribution in [0.5, 0.6) is 0 Å². The van der Waals surface area contributed by atoms with Gasteiger partial charge in [0.2, 0.25) is 0 Å². The maximum Gasteiger partial charge on any atom is 0.251 e. The number of aliphatic hydroxyl groups excluding tert-OH is 1. The molecule has 0 atom stereocenters. The van der Waals surface area contributed by atoms with Crippen molar-refractivity contribution in [2.24, 2.45) is 0 Å². The maximum atomic E-state index is 12.0. The molecule has 2 N–H and O–H groups in total. The highest BCUT2D eigenvalue weighted by Crippen LogP contribution is 2.16. The normalized spacial score (nSPS) is 10.5. The number of nitrogens with zero attached hydrogens (tertiary/aromatic N) is 1. The molecule has 2 aromatic rings. The van der Waals surface area contributed by atoms with Gasteiger partial charge in [-0.25, -0.2) is 0 Å². The van der Waals surface area contributed by atoms with Crippen molar-refractivity contribution >= 4 is 16.8 Å². The third kappa shape index (κ3) is 2.84. The van der Waals surface area contributed by atoms with Gasteiger partial charge in [-0.1, -0.05) is 12.1 Å². The first kappa shape index (κ1) is 12.5. The summed E-state index contributed by atoms with van der Waals surface area (Å²) in [4.78, 5) is 16.2. The molecule has 2 rings (SSSR count). The van der Waals surface area contributed by atoms with E-state index in [4.69, 9.17) is 5.11 Å². The second-order valence-electron chi connectivity index (χ2n) is 4.06. The number of amides is 1. The van der Waals surface area contributed by atoms with Crippen molar-refractivity contribution in [3.8, 4) is 0 Å². The van der Waals surface area contributed by atoms with Gasteiger partial charge in [0.15, 0.2) is 0 Å². The largest absolute Gasteiger partial charge is 0.396 e. The van der Waals surface area contributed by atoms with Gasteiger partial charge in [-0.15, -0.1) is 0 Å². The van der Waals surface area contributed by atoms with Crippen LogP contribution < -0.4 is 5.32 Å². The van der Waals surface area contributed by atoms with E-state index in [1.165, 1.54) is 0 Å². The fraction of sp³-hybridized carbons (Fsp3) is 0.286. The number of rotatable bonds is 5. The van der Waals surface area contributed by atoms with E-state index >= 15 is 0 Å². The first-order chi connectivity index (χ1) is 8.83. The smallest absolute Gasteiger partial charge is 0.251 e. The van der Waals surface area contributed by atoms with Crippen LogP contribution in [-0.4, -0.2) is 29.1 Å². The molecule has 1 aromatic heterocycles. The Morgan fingerprint density at radius 1 is 1.22 bits per heavy atom. The molecule has 0 aliphatic rings. The SMILES string of the molecule is O=C(NCCCCO)c1cccc2ncccc12. The molecule has 0 saturated carbocycles. The number of pyridine rings is 1. The van der Waals surface area contributed by atoms with Crippen molar-refractivity contribution in [2.75, 3.05) is 13.2 Å². The van der Waals surface area contributed by atoms with Gasteiger partial charge in [0, 0.05) is 30.3 Å². The molecule has 0 aliphatic heterocycles. The van der Waals surface area contributed by atoms with Crippen LogP contribution in [0.25, 0.3) is 10.9 Å². The lowest BCUT2D eigenvalue weighted by atomic mass is 10.1. The molecule has 0 spiro atoms. The first-order valence-corrected chi connectivity index (χ1v) is 6.06. The van der Waals surface area contributed by atoms with Crippen LogP contribution in [-0.2, 0) is 0 Å². The van der Waals surface area contributed by atoms with Crippen LogP contribution >= 0.6 is 0 Å². The zero-order valence-corrected chi connectivity index (χ0v) is 10.1. The van der Waals surface area contributed by atoms with Gasteiger partial charge in [0.05, 0.1) is 5.52 Å². The number of nitrogens with one attached hydrogen (secondary N) is 1. The molecule has 0 aliphatic carbocycles. The topological polar surface area (TPSA) is 62.2 Å². The Labute approximate surface area is 106 Å². The summed E-state index contributed by atoms with van der Waals surface area (Å²) in [6.45, 7) is 0.740. The number of fused-ring (bicyclic) bond motifs is 1. The van der Waals surface area contributed by atoms with Crippen molar-refractivity contribution in [2.45, 2.75) is 12.8 Å². The number of aromatic nitrogens is 1. The summed E-state index contributed by atoms with van der Waals surface area (Å²) >= 11 is 0. The monoisotopic (exact) mass is 244 g/mol. The van der Waals surface area contributed by atoms with Gasteiger partial charge >= 0.3 is 0 Å². The lowest BCUT2D eigenvalue weighted by Crippen LogP contribution is -2.24. The molecule has 0 fully saturated rings. The van der Waals surface area contributed by atoms with Gasteiger partial charge in [-0.3, -0.25) is 9.78 Å². The zero-order valence-electron chi connectivity index (χ0n) is 10.1. The van der Waals surface area contributed by atoms with Crippen molar-refractivity contribution in [1.29, 1.82) is 0 Å². The number of unbranched alkanes of at least 4 members (excludes halogenated alkanes) is 1. The van der Waals surface area contributed by atoms with Crippen molar-refractivity contribution in [3.05, 3.63) is 42.1 Å². The molecule has 4 nitrogen and oxygen atoms in total. The fourth-order valence-corrected chi connectivity index (χ4v) is 1.84. The minimum atomic E-state index is -0.0912. The third-order valence-electron chi connectivity index (χ3n) is 2.76. The summed E-state index contributed by atoms with van der Waals surface area (Å²) < 4.78 is 0. The van der Waals surface area contributed by atoms with Gasteiger partial charge in [-0.2, -0.15) is 0 Å². The van der Waals surface area contributed by atoms with Crippen LogP contribution in [0.2, 0.25) is 0 Å². The molecule has 4 heteroatoms. The molecule has 0 saturated heterocycles. The summed E-state index contributed by atoms with van der Waals surface area (Å²) in [6, 6.07) is 9.23. The molecule has 18 heavy (non-hydrogen) atoms. The summed E-state index contributed by atoms with van der Waals surface area (Å²) in [5, 5.41) is 12.4. The Hall–Kier alpha value is -1.94. The Kier molecular flexibility index (Phi) is 4.25. The summed E-state index contributed by atoms with van der Waals surface area (Å²) in [7, 11) is 0. The number of hydrogen-bond acceptors (Lipinski definition) is 3. The Morgan fingerprint density at radius 2 is 2.11 bits per heavy atom. The summed E-state index contributed by atoms with van der Waals surface area (Å²) in [5.74, 6) is -0.0912. The lowest BCUT2D eigenvalue weighted by molar-refractivity contribution is 0.0953. The van der Waals surface area contributed by atoms with Crippen LogP contribution in [0.15, 0.2) is 36.5 Å². The predicted molar refractivity (Wildman–Crippen MR) is 70.4 cm³/mol. The number of aliphatic hydroxyl groups is 1.